The van der Waals surface area contributed by atoms with Crippen LogP contribution in [0.3, 0.4) is 0 Å². The van der Waals surface area contributed by atoms with E-state index >= 15 is 0 Å². The Hall–Kier alpha value is -2.33. The molecule has 1 amide bonds. The third-order valence-electron chi connectivity index (χ3n) is 3.33. The van der Waals surface area contributed by atoms with Gasteiger partial charge in [-0.05, 0) is 37.1 Å². The molecular formula is C18H22N2O2. The van der Waals surface area contributed by atoms with Gasteiger partial charge in [0.1, 0.15) is 17.9 Å². The number of ether oxygens (including phenoxy) is 1. The van der Waals surface area contributed by atoms with E-state index in [9.17, 15) is 4.79 Å². The van der Waals surface area contributed by atoms with E-state index in [1.807, 2.05) is 68.4 Å². The van der Waals surface area contributed by atoms with Crippen molar-refractivity contribution in [3.63, 3.8) is 0 Å². The lowest BCUT2D eigenvalue weighted by Gasteiger charge is -2.18. The normalized spacial score (nSPS) is 13.2. The molecule has 4 heteroatoms. The lowest BCUT2D eigenvalue weighted by atomic mass is 10.1. The Balaban J connectivity index is 1.83. The van der Waals surface area contributed by atoms with Gasteiger partial charge in [0.2, 0.25) is 5.91 Å². The fraction of sp³-hybridized carbons (Fsp3) is 0.278. The maximum Gasteiger partial charge on any atom is 0.241 e. The van der Waals surface area contributed by atoms with Gasteiger partial charge in [0, 0.05) is 0 Å². The van der Waals surface area contributed by atoms with Gasteiger partial charge in [0.25, 0.3) is 0 Å². The molecule has 2 atom stereocenters. The van der Waals surface area contributed by atoms with Crippen LogP contribution in [0.1, 0.15) is 24.1 Å². The summed E-state index contributed by atoms with van der Waals surface area (Å²) in [4.78, 5) is 12.1. The number of nitrogens with one attached hydrogen (secondary N) is 1. The van der Waals surface area contributed by atoms with Crippen molar-refractivity contribution in [2.45, 2.75) is 26.0 Å². The van der Waals surface area contributed by atoms with Crippen LogP contribution in [-0.2, 0) is 4.79 Å². The zero-order chi connectivity index (χ0) is 15.9. The quantitative estimate of drug-likeness (QED) is 0.861. The van der Waals surface area contributed by atoms with Gasteiger partial charge in [-0.2, -0.15) is 0 Å². The molecule has 116 valence electrons. The Bertz CT molecular complexity index is 613. The van der Waals surface area contributed by atoms with Crippen LogP contribution in [0, 0.1) is 6.92 Å². The Morgan fingerprint density at radius 1 is 1.18 bits per heavy atom. The molecule has 0 aliphatic heterocycles. The molecular weight excluding hydrogens is 276 g/mol. The molecule has 0 aromatic heterocycles. The number of amides is 1. The minimum absolute atomic E-state index is 0.131. The third-order valence-corrected chi connectivity index (χ3v) is 3.33. The third kappa shape index (κ3) is 4.60. The molecule has 0 fully saturated rings. The summed E-state index contributed by atoms with van der Waals surface area (Å²) in [5.74, 6) is 0.597. The summed E-state index contributed by atoms with van der Waals surface area (Å²) < 4.78 is 5.78. The lowest BCUT2D eigenvalue weighted by molar-refractivity contribution is -0.122. The van der Waals surface area contributed by atoms with E-state index in [1.54, 1.807) is 0 Å². The lowest BCUT2D eigenvalue weighted by Crippen LogP contribution is -2.39. The molecule has 0 bridgehead atoms. The average Bonchev–Trinajstić information content (AvgIpc) is 2.52. The van der Waals surface area contributed by atoms with Gasteiger partial charge in [0.15, 0.2) is 0 Å². The van der Waals surface area contributed by atoms with E-state index in [0.717, 1.165) is 16.9 Å². The van der Waals surface area contributed by atoms with E-state index < -0.39 is 6.04 Å². The van der Waals surface area contributed by atoms with Crippen molar-refractivity contribution >= 4 is 5.91 Å². The van der Waals surface area contributed by atoms with Crippen LogP contribution in [0.15, 0.2) is 54.6 Å². The Kier molecular flexibility index (Phi) is 5.55. The summed E-state index contributed by atoms with van der Waals surface area (Å²) in [6.45, 7) is 4.34. The van der Waals surface area contributed by atoms with Crippen LogP contribution in [-0.4, -0.2) is 18.6 Å². The first kappa shape index (κ1) is 16.0. The van der Waals surface area contributed by atoms with E-state index in [2.05, 4.69) is 5.32 Å². The number of hydrogen-bond acceptors (Lipinski definition) is 3. The summed E-state index contributed by atoms with van der Waals surface area (Å²) in [5.41, 5.74) is 7.88. The average molecular weight is 298 g/mol. The topological polar surface area (TPSA) is 64.3 Å². The highest BCUT2D eigenvalue weighted by molar-refractivity contribution is 5.82. The van der Waals surface area contributed by atoms with Crippen LogP contribution < -0.4 is 15.8 Å². The smallest absolute Gasteiger partial charge is 0.241 e. The van der Waals surface area contributed by atoms with Crippen LogP contribution in [0.25, 0.3) is 0 Å². The second-order valence-electron chi connectivity index (χ2n) is 5.38. The molecule has 3 N–H and O–H groups in total. The van der Waals surface area contributed by atoms with Crippen molar-refractivity contribution in [1.29, 1.82) is 0 Å². The summed E-state index contributed by atoms with van der Waals surface area (Å²) in [6.07, 6.45) is -0.131. The predicted octanol–water partition coefficient (Wildman–Crippen LogP) is 2.58. The molecule has 4 nitrogen and oxygen atoms in total. The van der Waals surface area contributed by atoms with Crippen LogP contribution >= 0.6 is 0 Å². The highest BCUT2D eigenvalue weighted by Gasteiger charge is 2.16. The van der Waals surface area contributed by atoms with Crippen LogP contribution in [0.4, 0.5) is 0 Å². The summed E-state index contributed by atoms with van der Waals surface area (Å²) >= 11 is 0. The van der Waals surface area contributed by atoms with Gasteiger partial charge in [-0.3, -0.25) is 4.79 Å². The molecule has 0 spiro atoms. The number of hydrogen-bond donors (Lipinski definition) is 2. The number of benzene rings is 2. The van der Waals surface area contributed by atoms with E-state index in [4.69, 9.17) is 10.5 Å². The molecule has 0 aliphatic rings. The Morgan fingerprint density at radius 2 is 1.91 bits per heavy atom. The van der Waals surface area contributed by atoms with Gasteiger partial charge in [-0.1, -0.05) is 42.5 Å². The molecule has 2 aromatic rings. The predicted molar refractivity (Wildman–Crippen MR) is 87.6 cm³/mol. The first-order chi connectivity index (χ1) is 10.6. The fourth-order valence-electron chi connectivity index (χ4n) is 2.13. The van der Waals surface area contributed by atoms with Crippen molar-refractivity contribution in [1.82, 2.24) is 5.32 Å². The number of carbonyl (C=O) groups is 1. The standard InChI is InChI=1S/C18H22N2O2/c1-13-7-6-10-16(11-13)22-14(2)12-20-18(21)17(19)15-8-4-3-5-9-15/h3-11,14,17H,12,19H2,1-2H3,(H,20,21). The SMILES string of the molecule is Cc1cccc(OC(C)CNC(=O)C(N)c2ccccc2)c1. The van der Waals surface area contributed by atoms with Crippen molar-refractivity contribution in [2.24, 2.45) is 5.73 Å². The number of rotatable bonds is 6. The zero-order valence-corrected chi connectivity index (χ0v) is 13.0. The first-order valence-electron chi connectivity index (χ1n) is 7.38. The van der Waals surface area contributed by atoms with Gasteiger partial charge in [0.05, 0.1) is 6.54 Å². The second kappa shape index (κ2) is 7.61. The number of carbonyl (C=O) groups excluding carboxylic acids is 1. The molecule has 0 heterocycles. The van der Waals surface area contributed by atoms with Gasteiger partial charge in [-0.15, -0.1) is 0 Å². The van der Waals surface area contributed by atoms with Crippen LogP contribution in [0.5, 0.6) is 5.75 Å². The van der Waals surface area contributed by atoms with Gasteiger partial charge < -0.3 is 15.8 Å². The van der Waals surface area contributed by atoms with E-state index in [-0.39, 0.29) is 12.0 Å². The van der Waals surface area contributed by atoms with Crippen molar-refractivity contribution in [3.05, 3.63) is 65.7 Å². The zero-order valence-electron chi connectivity index (χ0n) is 13.0. The first-order valence-corrected chi connectivity index (χ1v) is 7.38. The molecule has 2 rings (SSSR count). The summed E-state index contributed by atoms with van der Waals surface area (Å²) in [5, 5.41) is 2.83. The minimum atomic E-state index is -0.660. The monoisotopic (exact) mass is 298 g/mol. The maximum atomic E-state index is 12.1. The molecule has 2 aromatic carbocycles. The Morgan fingerprint density at radius 3 is 2.59 bits per heavy atom. The van der Waals surface area contributed by atoms with Crippen molar-refractivity contribution < 1.29 is 9.53 Å². The fourth-order valence-corrected chi connectivity index (χ4v) is 2.13. The van der Waals surface area contributed by atoms with Crippen LogP contribution in [0.2, 0.25) is 0 Å². The maximum absolute atomic E-state index is 12.1. The summed E-state index contributed by atoms with van der Waals surface area (Å²) in [6, 6.07) is 16.5. The second-order valence-corrected chi connectivity index (χ2v) is 5.38. The molecule has 2 unspecified atom stereocenters. The largest absolute Gasteiger partial charge is 0.489 e. The van der Waals surface area contributed by atoms with E-state index in [1.165, 1.54) is 0 Å². The molecule has 0 aliphatic carbocycles. The van der Waals surface area contributed by atoms with Gasteiger partial charge in [-0.25, -0.2) is 0 Å². The Labute approximate surface area is 131 Å². The number of nitrogens with two attached hydrogens (primary N) is 1. The number of aryl methyl sites for hydroxylation is 1. The molecule has 0 saturated carbocycles. The highest BCUT2D eigenvalue weighted by Crippen LogP contribution is 2.14. The molecule has 0 saturated heterocycles. The molecule has 22 heavy (non-hydrogen) atoms. The van der Waals surface area contributed by atoms with Crippen molar-refractivity contribution in [2.75, 3.05) is 6.54 Å². The summed E-state index contributed by atoms with van der Waals surface area (Å²) in [7, 11) is 0. The highest BCUT2D eigenvalue weighted by atomic mass is 16.5. The minimum Gasteiger partial charge on any atom is -0.489 e. The van der Waals surface area contributed by atoms with Crippen molar-refractivity contribution in [3.8, 4) is 5.75 Å². The van der Waals surface area contributed by atoms with E-state index in [0.29, 0.717) is 6.54 Å². The molecule has 0 radical (unpaired) electrons. The van der Waals surface area contributed by atoms with Gasteiger partial charge >= 0.3 is 0 Å².